The minimum atomic E-state index is -4.05. The molecule has 0 bridgehead atoms. The lowest BCUT2D eigenvalue weighted by Gasteiger charge is -2.31. The van der Waals surface area contributed by atoms with Crippen LogP contribution in [0.15, 0.2) is 83.8 Å². The van der Waals surface area contributed by atoms with Gasteiger partial charge < -0.3 is 9.64 Å². The highest BCUT2D eigenvalue weighted by atomic mass is 32.2. The molecule has 2 fully saturated rings. The van der Waals surface area contributed by atoms with Crippen molar-refractivity contribution in [2.75, 3.05) is 24.6 Å². The van der Waals surface area contributed by atoms with Crippen molar-refractivity contribution in [1.82, 2.24) is 4.90 Å². The van der Waals surface area contributed by atoms with Crippen molar-refractivity contribution in [3.63, 3.8) is 0 Å². The lowest BCUT2D eigenvalue weighted by molar-refractivity contribution is -0.134. The molecule has 39 heavy (non-hydrogen) atoms. The summed E-state index contributed by atoms with van der Waals surface area (Å²) in [6.45, 7) is 0.506. The van der Waals surface area contributed by atoms with Crippen LogP contribution in [0.4, 0.5) is 4.39 Å². The van der Waals surface area contributed by atoms with Gasteiger partial charge in [-0.1, -0.05) is 42.5 Å². The van der Waals surface area contributed by atoms with Crippen LogP contribution >= 0.6 is 0 Å². The highest BCUT2D eigenvalue weighted by Gasteiger charge is 2.52. The molecule has 0 aromatic heterocycles. The second-order valence-electron chi connectivity index (χ2n) is 10.2. The van der Waals surface area contributed by atoms with E-state index >= 15 is 0 Å². The van der Waals surface area contributed by atoms with Gasteiger partial charge in [-0.3, -0.25) is 4.79 Å². The summed E-state index contributed by atoms with van der Waals surface area (Å²) < 4.78 is 70.0. The van der Waals surface area contributed by atoms with Crippen LogP contribution in [0.5, 0.6) is 5.75 Å². The first kappa shape index (κ1) is 27.3. The maximum absolute atomic E-state index is 14.1. The summed E-state index contributed by atoms with van der Waals surface area (Å²) in [7, 11) is -7.19. The third-order valence-electron chi connectivity index (χ3n) is 7.71. The number of halogens is 1. The summed E-state index contributed by atoms with van der Waals surface area (Å²) in [6, 6.07) is 21.2. The Labute approximate surface area is 228 Å². The fraction of sp³-hybridized carbons (Fsp3) is 0.345. The number of amides is 1. The van der Waals surface area contributed by atoms with Crippen LogP contribution < -0.4 is 4.74 Å². The molecule has 3 aromatic carbocycles. The Morgan fingerprint density at radius 1 is 0.949 bits per heavy atom. The molecule has 1 unspecified atom stereocenters. The van der Waals surface area contributed by atoms with E-state index in [-0.39, 0.29) is 54.7 Å². The Kier molecular flexibility index (Phi) is 7.52. The van der Waals surface area contributed by atoms with Crippen molar-refractivity contribution >= 4 is 25.6 Å². The van der Waals surface area contributed by atoms with Gasteiger partial charge in [0, 0.05) is 19.0 Å². The molecular formula is C29H30FNO6S2. The van der Waals surface area contributed by atoms with E-state index in [2.05, 4.69) is 0 Å². The molecule has 10 heteroatoms. The molecule has 0 radical (unpaired) electrons. The topological polar surface area (TPSA) is 97.8 Å². The molecule has 0 spiro atoms. The predicted octanol–water partition coefficient (Wildman–Crippen LogP) is 4.13. The van der Waals surface area contributed by atoms with Gasteiger partial charge in [0.05, 0.1) is 16.4 Å². The molecule has 5 rings (SSSR count). The highest BCUT2D eigenvalue weighted by Crippen LogP contribution is 2.44. The average Bonchev–Trinajstić information content (AvgIpc) is 3.40. The van der Waals surface area contributed by atoms with Crippen LogP contribution in [0.3, 0.4) is 0 Å². The van der Waals surface area contributed by atoms with E-state index in [0.717, 1.165) is 17.7 Å². The van der Waals surface area contributed by atoms with Gasteiger partial charge in [0.25, 0.3) is 0 Å². The lowest BCUT2D eigenvalue weighted by atomic mass is 9.97. The van der Waals surface area contributed by atoms with Gasteiger partial charge in [-0.25, -0.2) is 21.2 Å². The van der Waals surface area contributed by atoms with Crippen LogP contribution in [0.25, 0.3) is 0 Å². The SMILES string of the molecule is O=C(C1CCS(=O)(=O)CC1)N1CCC(c2ccc(OCc3ccccc3)cc2)(S(=O)(=O)c2ccc(F)cc2)C1. The molecule has 2 aliphatic heterocycles. The Morgan fingerprint density at radius 3 is 2.23 bits per heavy atom. The number of sulfone groups is 2. The van der Waals surface area contributed by atoms with Crippen molar-refractivity contribution in [3.8, 4) is 5.75 Å². The number of hydrogen-bond acceptors (Lipinski definition) is 6. The van der Waals surface area contributed by atoms with Crippen LogP contribution in [-0.2, 0) is 35.8 Å². The number of ether oxygens (including phenoxy) is 1. The van der Waals surface area contributed by atoms with Crippen molar-refractivity contribution in [1.29, 1.82) is 0 Å². The Morgan fingerprint density at radius 2 is 1.59 bits per heavy atom. The quantitative estimate of drug-likeness (QED) is 0.396. The zero-order valence-corrected chi connectivity index (χ0v) is 23.0. The summed E-state index contributed by atoms with van der Waals surface area (Å²) in [5.74, 6) is -0.721. The third-order valence-corrected chi connectivity index (χ3v) is 11.9. The van der Waals surface area contributed by atoms with Gasteiger partial charge in [-0.15, -0.1) is 0 Å². The van der Waals surface area contributed by atoms with E-state index in [1.165, 1.54) is 12.1 Å². The molecule has 1 amide bonds. The fourth-order valence-corrected chi connectivity index (χ4v) is 8.98. The first-order chi connectivity index (χ1) is 18.6. The number of benzene rings is 3. The van der Waals surface area contributed by atoms with Crippen molar-refractivity contribution in [2.45, 2.75) is 35.5 Å². The molecule has 2 aliphatic rings. The monoisotopic (exact) mass is 571 g/mol. The number of hydrogen-bond donors (Lipinski definition) is 0. The zero-order chi connectivity index (χ0) is 27.7. The molecule has 2 heterocycles. The molecule has 1 atom stereocenters. The van der Waals surface area contributed by atoms with Crippen molar-refractivity contribution in [2.24, 2.45) is 5.92 Å². The lowest BCUT2D eigenvalue weighted by Crippen LogP contribution is -2.43. The number of rotatable bonds is 7. The molecule has 7 nitrogen and oxygen atoms in total. The molecule has 2 saturated heterocycles. The number of nitrogens with zero attached hydrogens (tertiary/aromatic N) is 1. The Bertz CT molecular complexity index is 1530. The molecule has 3 aromatic rings. The van der Waals surface area contributed by atoms with E-state index in [1.54, 1.807) is 29.2 Å². The van der Waals surface area contributed by atoms with Crippen LogP contribution in [0.2, 0.25) is 0 Å². The van der Waals surface area contributed by atoms with Crippen molar-refractivity contribution < 1.29 is 30.8 Å². The van der Waals surface area contributed by atoms with Crippen LogP contribution in [-0.4, -0.2) is 52.2 Å². The van der Waals surface area contributed by atoms with E-state index in [9.17, 15) is 26.0 Å². The van der Waals surface area contributed by atoms with Gasteiger partial charge >= 0.3 is 0 Å². The summed E-state index contributed by atoms with van der Waals surface area (Å²) in [5, 5.41) is 0. The number of carbonyl (C=O) groups excluding carboxylic acids is 1. The fourth-order valence-electron chi connectivity index (χ4n) is 5.41. The number of likely N-dealkylation sites (tertiary alicyclic amines) is 1. The highest BCUT2D eigenvalue weighted by molar-refractivity contribution is 7.92. The van der Waals surface area contributed by atoms with E-state index in [0.29, 0.717) is 17.9 Å². The average molecular weight is 572 g/mol. The van der Waals surface area contributed by atoms with Gasteiger partial charge in [0.2, 0.25) is 5.91 Å². The molecule has 0 aliphatic carbocycles. The van der Waals surface area contributed by atoms with Gasteiger partial charge in [0.1, 0.15) is 32.8 Å². The van der Waals surface area contributed by atoms with E-state index in [1.807, 2.05) is 30.3 Å². The third kappa shape index (κ3) is 5.58. The first-order valence-electron chi connectivity index (χ1n) is 12.9. The van der Waals surface area contributed by atoms with E-state index in [4.69, 9.17) is 4.74 Å². The Balaban J connectivity index is 1.43. The van der Waals surface area contributed by atoms with Crippen LogP contribution in [0, 0.1) is 11.7 Å². The maximum Gasteiger partial charge on any atom is 0.225 e. The minimum Gasteiger partial charge on any atom is -0.489 e. The molecular weight excluding hydrogens is 541 g/mol. The van der Waals surface area contributed by atoms with Gasteiger partial charge in [-0.2, -0.15) is 0 Å². The number of carbonyl (C=O) groups is 1. The second kappa shape index (κ2) is 10.7. The summed E-state index contributed by atoms with van der Waals surface area (Å²) in [5.41, 5.74) is 1.51. The molecule has 0 N–H and O–H groups in total. The first-order valence-corrected chi connectivity index (χ1v) is 16.2. The smallest absolute Gasteiger partial charge is 0.225 e. The van der Waals surface area contributed by atoms with Crippen LogP contribution in [0.1, 0.15) is 30.4 Å². The predicted molar refractivity (Wildman–Crippen MR) is 145 cm³/mol. The van der Waals surface area contributed by atoms with Crippen molar-refractivity contribution in [3.05, 3.63) is 95.8 Å². The Hall–Kier alpha value is -3.24. The largest absolute Gasteiger partial charge is 0.489 e. The van der Waals surface area contributed by atoms with E-state index < -0.39 is 36.2 Å². The summed E-state index contributed by atoms with van der Waals surface area (Å²) in [4.78, 5) is 14.9. The summed E-state index contributed by atoms with van der Waals surface area (Å²) >= 11 is 0. The van der Waals surface area contributed by atoms with Gasteiger partial charge in [0.15, 0.2) is 9.84 Å². The second-order valence-corrected chi connectivity index (χ2v) is 14.7. The molecule has 0 saturated carbocycles. The van der Waals surface area contributed by atoms with Gasteiger partial charge in [-0.05, 0) is 66.8 Å². The molecule has 206 valence electrons. The zero-order valence-electron chi connectivity index (χ0n) is 21.3. The summed E-state index contributed by atoms with van der Waals surface area (Å²) in [6.07, 6.45) is 0.638. The maximum atomic E-state index is 14.1. The minimum absolute atomic E-state index is 0.0219. The standard InChI is InChI=1S/C29H30FNO6S2/c30-25-8-12-27(13-9-25)39(35,36)29(16-17-31(21-29)28(32)23-14-18-38(33,34)19-15-23)24-6-10-26(11-7-24)37-20-22-4-2-1-3-5-22/h1-13,23H,14-21H2. The normalized spacial score (nSPS) is 21.5.